The predicted molar refractivity (Wildman–Crippen MR) is 35.9 cm³/mol. The first kappa shape index (κ1) is 11.7. The first-order valence-electron chi connectivity index (χ1n) is 3.29. The summed E-state index contributed by atoms with van der Waals surface area (Å²) in [6.07, 6.45) is -5.44. The monoisotopic (exact) mass is 199 g/mol. The summed E-state index contributed by atoms with van der Waals surface area (Å²) in [5.41, 5.74) is 0. The van der Waals surface area contributed by atoms with Gasteiger partial charge in [-0.1, -0.05) is 0 Å². The van der Waals surface area contributed by atoms with E-state index in [1.54, 1.807) is 0 Å². The van der Waals surface area contributed by atoms with Crippen molar-refractivity contribution >= 4 is 11.9 Å². The quantitative estimate of drug-likeness (QED) is 0.719. The minimum atomic E-state index is -4.94. The van der Waals surface area contributed by atoms with Crippen LogP contribution in [0.1, 0.15) is 6.42 Å². The van der Waals surface area contributed by atoms with Crippen molar-refractivity contribution in [1.82, 2.24) is 4.90 Å². The Morgan fingerprint density at radius 2 is 1.85 bits per heavy atom. The molecule has 13 heavy (non-hydrogen) atoms. The van der Waals surface area contributed by atoms with Gasteiger partial charge in [0.25, 0.3) is 0 Å². The molecular weight excluding hydrogens is 191 g/mol. The second-order valence-electron chi connectivity index (χ2n) is 2.37. The third-order valence-corrected chi connectivity index (χ3v) is 1.25. The number of carboxylic acid groups (broad SMARTS) is 1. The summed E-state index contributed by atoms with van der Waals surface area (Å²) in [6, 6.07) is 0. The van der Waals surface area contributed by atoms with E-state index in [-0.39, 0.29) is 0 Å². The molecule has 0 aliphatic carbocycles. The van der Waals surface area contributed by atoms with E-state index in [1.165, 1.54) is 0 Å². The summed E-state index contributed by atoms with van der Waals surface area (Å²) in [4.78, 5) is 20.7. The summed E-state index contributed by atoms with van der Waals surface area (Å²) in [5.74, 6) is -3.28. The SMILES string of the molecule is CN(CCC(=O)O)C(=O)C(F)(F)F. The van der Waals surface area contributed by atoms with Gasteiger partial charge in [-0.15, -0.1) is 0 Å². The van der Waals surface area contributed by atoms with Crippen molar-refractivity contribution < 1.29 is 27.9 Å². The lowest BCUT2D eigenvalue weighted by atomic mass is 10.4. The first-order chi connectivity index (χ1) is 5.75. The Morgan fingerprint density at radius 3 is 2.15 bits per heavy atom. The van der Waals surface area contributed by atoms with E-state index < -0.39 is 31.0 Å². The van der Waals surface area contributed by atoms with Crippen LogP contribution in [0.2, 0.25) is 0 Å². The van der Waals surface area contributed by atoms with Crippen LogP contribution >= 0.6 is 0 Å². The summed E-state index contributed by atoms with van der Waals surface area (Å²) in [5, 5.41) is 8.13. The van der Waals surface area contributed by atoms with E-state index in [9.17, 15) is 22.8 Å². The van der Waals surface area contributed by atoms with Crippen molar-refractivity contribution in [3.05, 3.63) is 0 Å². The maximum atomic E-state index is 11.7. The molecule has 0 bridgehead atoms. The lowest BCUT2D eigenvalue weighted by molar-refractivity contribution is -0.184. The molecular formula is C6H8F3NO3. The first-order valence-corrected chi connectivity index (χ1v) is 3.29. The topological polar surface area (TPSA) is 57.6 Å². The molecule has 0 heterocycles. The molecule has 0 atom stereocenters. The third kappa shape index (κ3) is 4.34. The Labute approximate surface area is 71.9 Å². The smallest absolute Gasteiger partial charge is 0.471 e. The average Bonchev–Trinajstić information content (AvgIpc) is 1.96. The number of amides is 1. The van der Waals surface area contributed by atoms with Crippen LogP contribution in [0.3, 0.4) is 0 Å². The minimum absolute atomic E-state index is 0.328. The van der Waals surface area contributed by atoms with Gasteiger partial charge in [0.15, 0.2) is 0 Å². The molecule has 0 aliphatic heterocycles. The largest absolute Gasteiger partial charge is 0.481 e. The van der Waals surface area contributed by atoms with Gasteiger partial charge in [-0.25, -0.2) is 0 Å². The molecule has 0 unspecified atom stereocenters. The van der Waals surface area contributed by atoms with E-state index in [4.69, 9.17) is 5.11 Å². The standard InChI is InChI=1S/C6H8F3NO3/c1-10(3-2-4(11)12)5(13)6(7,8)9/h2-3H2,1H3,(H,11,12). The van der Waals surface area contributed by atoms with Crippen LogP contribution in [0.5, 0.6) is 0 Å². The van der Waals surface area contributed by atoms with Gasteiger partial charge in [0.05, 0.1) is 6.42 Å². The molecule has 0 aromatic heterocycles. The molecule has 76 valence electrons. The zero-order chi connectivity index (χ0) is 10.6. The summed E-state index contributed by atoms with van der Waals surface area (Å²) >= 11 is 0. The van der Waals surface area contributed by atoms with Gasteiger partial charge in [-0.05, 0) is 0 Å². The van der Waals surface area contributed by atoms with Crippen LogP contribution < -0.4 is 0 Å². The molecule has 0 saturated carbocycles. The van der Waals surface area contributed by atoms with Crippen molar-refractivity contribution in [1.29, 1.82) is 0 Å². The Kier molecular flexibility index (Phi) is 3.70. The molecule has 0 aliphatic rings. The second-order valence-corrected chi connectivity index (χ2v) is 2.37. The number of hydrogen-bond acceptors (Lipinski definition) is 2. The normalized spacial score (nSPS) is 11.1. The Balaban J connectivity index is 4.05. The van der Waals surface area contributed by atoms with E-state index in [0.717, 1.165) is 7.05 Å². The Hall–Kier alpha value is -1.27. The number of rotatable bonds is 3. The number of halogens is 3. The lowest BCUT2D eigenvalue weighted by Crippen LogP contribution is -2.39. The Morgan fingerprint density at radius 1 is 1.38 bits per heavy atom. The molecule has 0 saturated heterocycles. The lowest BCUT2D eigenvalue weighted by Gasteiger charge is -2.17. The predicted octanol–water partition coefficient (Wildman–Crippen LogP) is 0.482. The highest BCUT2D eigenvalue weighted by Crippen LogP contribution is 2.17. The number of carbonyl (C=O) groups excluding carboxylic acids is 1. The summed E-state index contributed by atoms with van der Waals surface area (Å²) < 4.78 is 35.1. The molecule has 0 radical (unpaired) electrons. The van der Waals surface area contributed by atoms with Crippen molar-refractivity contribution in [2.45, 2.75) is 12.6 Å². The fourth-order valence-electron chi connectivity index (χ4n) is 0.581. The van der Waals surface area contributed by atoms with Crippen molar-refractivity contribution in [3.63, 3.8) is 0 Å². The highest BCUT2D eigenvalue weighted by molar-refractivity contribution is 5.82. The molecule has 1 amide bonds. The minimum Gasteiger partial charge on any atom is -0.481 e. The van der Waals surface area contributed by atoms with Gasteiger partial charge in [0, 0.05) is 13.6 Å². The van der Waals surface area contributed by atoms with E-state index in [2.05, 4.69) is 0 Å². The number of aliphatic carboxylic acids is 1. The van der Waals surface area contributed by atoms with Crippen LogP contribution in [-0.2, 0) is 9.59 Å². The molecule has 0 aromatic carbocycles. The summed E-state index contributed by atoms with van der Waals surface area (Å²) in [7, 11) is 0.902. The summed E-state index contributed by atoms with van der Waals surface area (Å²) in [6.45, 7) is -0.451. The molecule has 0 fully saturated rings. The molecule has 4 nitrogen and oxygen atoms in total. The molecule has 7 heteroatoms. The molecule has 0 spiro atoms. The van der Waals surface area contributed by atoms with Gasteiger partial charge < -0.3 is 10.0 Å². The van der Waals surface area contributed by atoms with Crippen LogP contribution in [0.15, 0.2) is 0 Å². The van der Waals surface area contributed by atoms with E-state index in [0.29, 0.717) is 4.90 Å². The number of carbonyl (C=O) groups is 2. The van der Waals surface area contributed by atoms with Crippen LogP contribution in [-0.4, -0.2) is 41.7 Å². The van der Waals surface area contributed by atoms with Gasteiger partial charge in [0.1, 0.15) is 0 Å². The van der Waals surface area contributed by atoms with Crippen molar-refractivity contribution in [2.24, 2.45) is 0 Å². The van der Waals surface area contributed by atoms with Gasteiger partial charge in [-0.3, -0.25) is 9.59 Å². The third-order valence-electron chi connectivity index (χ3n) is 1.25. The zero-order valence-electron chi connectivity index (χ0n) is 6.76. The maximum absolute atomic E-state index is 11.7. The van der Waals surface area contributed by atoms with Crippen molar-refractivity contribution in [2.75, 3.05) is 13.6 Å². The molecule has 0 rings (SSSR count). The molecule has 1 N–H and O–H groups in total. The van der Waals surface area contributed by atoms with Crippen molar-refractivity contribution in [3.8, 4) is 0 Å². The number of alkyl halides is 3. The average molecular weight is 199 g/mol. The van der Waals surface area contributed by atoms with Gasteiger partial charge in [0.2, 0.25) is 0 Å². The number of carboxylic acids is 1. The van der Waals surface area contributed by atoms with E-state index in [1.807, 2.05) is 0 Å². The van der Waals surface area contributed by atoms with Crippen LogP contribution in [0, 0.1) is 0 Å². The Bertz CT molecular complexity index is 214. The highest BCUT2D eigenvalue weighted by Gasteiger charge is 2.41. The maximum Gasteiger partial charge on any atom is 0.471 e. The second kappa shape index (κ2) is 4.11. The van der Waals surface area contributed by atoms with Gasteiger partial charge >= 0.3 is 18.1 Å². The fourth-order valence-corrected chi connectivity index (χ4v) is 0.581. The number of hydrogen-bond donors (Lipinski definition) is 1. The highest BCUT2D eigenvalue weighted by atomic mass is 19.4. The fraction of sp³-hybridized carbons (Fsp3) is 0.667. The van der Waals surface area contributed by atoms with Crippen LogP contribution in [0.4, 0.5) is 13.2 Å². The van der Waals surface area contributed by atoms with E-state index >= 15 is 0 Å². The molecule has 0 aromatic rings. The zero-order valence-corrected chi connectivity index (χ0v) is 6.76. The van der Waals surface area contributed by atoms with Gasteiger partial charge in [-0.2, -0.15) is 13.2 Å². The van der Waals surface area contributed by atoms with Crippen LogP contribution in [0.25, 0.3) is 0 Å². The number of nitrogens with zero attached hydrogens (tertiary/aromatic N) is 1.